The van der Waals surface area contributed by atoms with Crippen molar-refractivity contribution < 1.29 is 38.3 Å². The van der Waals surface area contributed by atoms with E-state index < -0.39 is 11.9 Å². The number of benzene rings is 1. The molecule has 1 aliphatic carbocycles. The van der Waals surface area contributed by atoms with Crippen molar-refractivity contribution in [1.82, 2.24) is 15.0 Å². The number of hydrogen-bond acceptors (Lipinski definition) is 7. The van der Waals surface area contributed by atoms with E-state index >= 15 is 0 Å². The van der Waals surface area contributed by atoms with E-state index in [1.54, 1.807) is 6.07 Å². The van der Waals surface area contributed by atoms with E-state index in [-0.39, 0.29) is 35.5 Å². The molecule has 0 spiro atoms. The monoisotopic (exact) mass is 513 g/mol. The Labute approximate surface area is 212 Å². The van der Waals surface area contributed by atoms with Crippen LogP contribution in [0.15, 0.2) is 46.5 Å². The van der Waals surface area contributed by atoms with Crippen LogP contribution in [0.2, 0.25) is 0 Å². The molecule has 2 amide bonds. The minimum Gasteiger partial charge on any atom is -0.478 e. The first kappa shape index (κ1) is 26.2. The number of rotatable bonds is 5. The fourth-order valence-electron chi connectivity index (χ4n) is 5.42. The molecule has 0 saturated carbocycles. The average Bonchev–Trinajstić information content (AvgIpc) is 3.41. The van der Waals surface area contributed by atoms with Crippen molar-refractivity contribution in [3.8, 4) is 0 Å². The number of fused-ring (bicyclic) bond motifs is 2. The van der Waals surface area contributed by atoms with E-state index in [1.807, 2.05) is 13.0 Å². The van der Waals surface area contributed by atoms with Crippen LogP contribution in [0.3, 0.4) is 0 Å². The van der Waals surface area contributed by atoms with Gasteiger partial charge in [-0.1, -0.05) is 11.2 Å². The van der Waals surface area contributed by atoms with E-state index in [9.17, 15) is 23.6 Å². The first-order valence-electron chi connectivity index (χ1n) is 12.2. The Bertz CT molecular complexity index is 1260. The van der Waals surface area contributed by atoms with Gasteiger partial charge in [-0.15, -0.1) is 0 Å². The molecule has 37 heavy (non-hydrogen) atoms. The fraction of sp³-hybridized carbons (Fsp3) is 0.423. The summed E-state index contributed by atoms with van der Waals surface area (Å²) in [4.78, 5) is 48.3. The molecule has 1 aromatic carbocycles. The van der Waals surface area contributed by atoms with Crippen LogP contribution >= 0.6 is 0 Å². The maximum atomic E-state index is 13.4. The lowest BCUT2D eigenvalue weighted by molar-refractivity contribution is -0.139. The molecule has 196 valence electrons. The number of allylic oxidation sites excluding steroid dienone is 1. The largest absolute Gasteiger partial charge is 0.478 e. The van der Waals surface area contributed by atoms with E-state index in [2.05, 4.69) is 10.1 Å². The molecule has 0 bridgehead atoms. The Morgan fingerprint density at radius 1 is 1.14 bits per heavy atom. The summed E-state index contributed by atoms with van der Waals surface area (Å²) >= 11 is 0. The Balaban J connectivity index is 0.000000349. The summed E-state index contributed by atoms with van der Waals surface area (Å²) in [6, 6.07) is 4.64. The molecule has 2 N–H and O–H groups in total. The highest BCUT2D eigenvalue weighted by molar-refractivity contribution is 6.15. The maximum absolute atomic E-state index is 13.4. The highest BCUT2D eigenvalue weighted by Crippen LogP contribution is 2.40. The molecule has 2 atom stereocenters. The second-order valence-electron chi connectivity index (χ2n) is 9.20. The standard InChI is InChI=1S/C22H24FN3O3.C4H4O4/c1-2-26-21(27)16-4-3-5-17(19(16)22(26)28)25-10-8-13(9-11-25)20-15-7-6-14(23)12-18(15)29-24-20;5-3(6)1-2-4(7)8/h4,6-7,12-13,17,19H,2-3,5,8-11H2,1H3;1-2H,(H,5,6)(H,7,8). The van der Waals surface area contributed by atoms with E-state index in [1.165, 1.54) is 17.0 Å². The summed E-state index contributed by atoms with van der Waals surface area (Å²) in [6.45, 7) is 3.98. The molecule has 2 aromatic rings. The van der Waals surface area contributed by atoms with Gasteiger partial charge in [0.25, 0.3) is 5.91 Å². The van der Waals surface area contributed by atoms with Crippen molar-refractivity contribution in [1.29, 1.82) is 0 Å². The van der Waals surface area contributed by atoms with Gasteiger partial charge < -0.3 is 14.7 Å². The summed E-state index contributed by atoms with van der Waals surface area (Å²) in [5.74, 6) is -3.05. The minimum atomic E-state index is -1.26. The summed E-state index contributed by atoms with van der Waals surface area (Å²) in [5, 5.41) is 20.7. The van der Waals surface area contributed by atoms with Crippen molar-refractivity contribution in [3.05, 3.63) is 53.5 Å². The van der Waals surface area contributed by atoms with Crippen molar-refractivity contribution in [2.45, 2.75) is 44.6 Å². The summed E-state index contributed by atoms with van der Waals surface area (Å²) in [6.07, 6.45) is 6.63. The molecule has 2 aliphatic heterocycles. The number of aromatic nitrogens is 1. The summed E-state index contributed by atoms with van der Waals surface area (Å²) in [7, 11) is 0. The number of carboxylic acid groups (broad SMARTS) is 2. The Kier molecular flexibility index (Phi) is 7.82. The number of aliphatic carboxylic acids is 2. The Morgan fingerprint density at radius 2 is 1.81 bits per heavy atom. The Morgan fingerprint density at radius 3 is 2.43 bits per heavy atom. The number of halogens is 1. The zero-order valence-corrected chi connectivity index (χ0v) is 20.3. The molecule has 3 heterocycles. The number of carbonyl (C=O) groups is 4. The molecule has 5 rings (SSSR count). The number of likely N-dealkylation sites (N-methyl/N-ethyl adjacent to an activating group) is 1. The van der Waals surface area contributed by atoms with Crippen LogP contribution < -0.4 is 0 Å². The van der Waals surface area contributed by atoms with Gasteiger partial charge in [-0.3, -0.25) is 19.4 Å². The van der Waals surface area contributed by atoms with Crippen molar-refractivity contribution >= 4 is 34.7 Å². The summed E-state index contributed by atoms with van der Waals surface area (Å²) in [5.41, 5.74) is 2.08. The zero-order chi connectivity index (χ0) is 26.7. The van der Waals surface area contributed by atoms with Gasteiger partial charge in [0.05, 0.1) is 11.6 Å². The first-order chi connectivity index (χ1) is 17.7. The van der Waals surface area contributed by atoms with Gasteiger partial charge in [-0.2, -0.15) is 0 Å². The third kappa shape index (κ3) is 5.46. The second-order valence-corrected chi connectivity index (χ2v) is 9.20. The second kappa shape index (κ2) is 11.0. The predicted molar refractivity (Wildman–Crippen MR) is 129 cm³/mol. The van der Waals surface area contributed by atoms with Crippen LogP contribution in [0.25, 0.3) is 11.0 Å². The normalized spacial score (nSPS) is 22.6. The highest BCUT2D eigenvalue weighted by Gasteiger charge is 2.49. The molecule has 2 unspecified atom stereocenters. The van der Waals surface area contributed by atoms with Gasteiger partial charge in [0.2, 0.25) is 5.91 Å². The number of imide groups is 1. The van der Waals surface area contributed by atoms with E-state index in [0.29, 0.717) is 29.9 Å². The topological polar surface area (TPSA) is 141 Å². The van der Waals surface area contributed by atoms with Crippen LogP contribution in [0.1, 0.15) is 44.2 Å². The Hall–Kier alpha value is -3.86. The first-order valence-corrected chi connectivity index (χ1v) is 12.2. The van der Waals surface area contributed by atoms with Gasteiger partial charge in [0.1, 0.15) is 5.82 Å². The predicted octanol–water partition coefficient (Wildman–Crippen LogP) is 2.95. The van der Waals surface area contributed by atoms with Gasteiger partial charge in [0.15, 0.2) is 5.58 Å². The smallest absolute Gasteiger partial charge is 0.328 e. The van der Waals surface area contributed by atoms with Crippen LogP contribution in [0.4, 0.5) is 4.39 Å². The molecular weight excluding hydrogens is 485 g/mol. The highest BCUT2D eigenvalue weighted by atomic mass is 19.1. The van der Waals surface area contributed by atoms with E-state index in [4.69, 9.17) is 14.7 Å². The molecule has 2 saturated heterocycles. The van der Waals surface area contributed by atoms with Crippen molar-refractivity contribution in [2.75, 3.05) is 19.6 Å². The summed E-state index contributed by atoms with van der Waals surface area (Å²) < 4.78 is 18.7. The van der Waals surface area contributed by atoms with Crippen molar-refractivity contribution in [3.63, 3.8) is 0 Å². The molecule has 11 heteroatoms. The SMILES string of the molecule is CCN1C(=O)C2=CCCC(N3CCC(c4noc5cc(F)ccc45)CC3)C2C1=O.O=C(O)C=CC(=O)O. The maximum Gasteiger partial charge on any atom is 0.328 e. The van der Waals surface area contributed by atoms with Crippen LogP contribution in [-0.2, 0) is 19.2 Å². The van der Waals surface area contributed by atoms with Gasteiger partial charge in [-0.25, -0.2) is 14.0 Å². The van der Waals surface area contributed by atoms with E-state index in [0.717, 1.165) is 49.9 Å². The van der Waals surface area contributed by atoms with Gasteiger partial charge >= 0.3 is 11.9 Å². The van der Waals surface area contributed by atoms with Gasteiger partial charge in [0, 0.05) is 47.7 Å². The average molecular weight is 514 g/mol. The molecule has 0 radical (unpaired) electrons. The lowest BCUT2D eigenvalue weighted by Crippen LogP contribution is -2.48. The number of carbonyl (C=O) groups excluding carboxylic acids is 2. The number of carboxylic acids is 2. The van der Waals surface area contributed by atoms with Crippen LogP contribution in [0, 0.1) is 11.7 Å². The zero-order valence-electron chi connectivity index (χ0n) is 20.3. The quantitative estimate of drug-likeness (QED) is 0.456. The number of amides is 2. The lowest BCUT2D eigenvalue weighted by atomic mass is 9.82. The molecular formula is C26H28FN3O7. The molecule has 2 fully saturated rings. The minimum absolute atomic E-state index is 0.0416. The van der Waals surface area contributed by atoms with Crippen LogP contribution in [-0.4, -0.2) is 74.6 Å². The molecule has 3 aliphatic rings. The third-order valence-electron chi connectivity index (χ3n) is 7.10. The van der Waals surface area contributed by atoms with Gasteiger partial charge in [-0.05, 0) is 57.8 Å². The molecule has 10 nitrogen and oxygen atoms in total. The number of piperidine rings is 1. The molecule has 1 aromatic heterocycles. The lowest BCUT2D eigenvalue weighted by Gasteiger charge is -2.40. The number of likely N-dealkylation sites (tertiary alicyclic amines) is 2. The number of hydrogen-bond donors (Lipinski definition) is 2. The number of nitrogens with zero attached hydrogens (tertiary/aromatic N) is 3. The fourth-order valence-corrected chi connectivity index (χ4v) is 5.42. The van der Waals surface area contributed by atoms with Crippen molar-refractivity contribution in [2.24, 2.45) is 5.92 Å². The third-order valence-corrected chi connectivity index (χ3v) is 7.10. The van der Waals surface area contributed by atoms with Crippen LogP contribution in [0.5, 0.6) is 0 Å².